The maximum atomic E-state index is 11.6. The Morgan fingerprint density at radius 3 is 2.57 bits per heavy atom. The first-order valence-corrected chi connectivity index (χ1v) is 6.99. The topological polar surface area (TPSA) is 93.3 Å². The molecule has 108 valence electrons. The number of hydrogen-bond donors (Lipinski definition) is 2. The summed E-state index contributed by atoms with van der Waals surface area (Å²) in [6, 6.07) is 8.25. The van der Waals surface area contributed by atoms with E-state index in [2.05, 4.69) is 4.98 Å². The van der Waals surface area contributed by atoms with Gasteiger partial charge < -0.3 is 10.8 Å². The molecule has 1 heterocycles. The summed E-state index contributed by atoms with van der Waals surface area (Å²) in [4.78, 5) is 27.6. The third kappa shape index (κ3) is 3.41. The Kier molecular flexibility index (Phi) is 4.28. The molecule has 0 atom stereocenters. The summed E-state index contributed by atoms with van der Waals surface area (Å²) in [5, 5.41) is 9.50. The largest absolute Gasteiger partial charge is 0.478 e. The number of hydrogen-bond acceptors (Lipinski definition) is 4. The monoisotopic (exact) mass is 302 g/mol. The molecule has 0 unspecified atom stereocenters. The van der Waals surface area contributed by atoms with Gasteiger partial charge in [-0.05, 0) is 43.7 Å². The minimum absolute atomic E-state index is 0.185. The van der Waals surface area contributed by atoms with Crippen molar-refractivity contribution in [3.05, 3.63) is 52.7 Å². The van der Waals surface area contributed by atoms with Crippen molar-refractivity contribution in [3.8, 4) is 0 Å². The highest BCUT2D eigenvalue weighted by atomic mass is 32.2. The van der Waals surface area contributed by atoms with Gasteiger partial charge in [0.25, 0.3) is 5.91 Å². The van der Waals surface area contributed by atoms with Gasteiger partial charge >= 0.3 is 5.97 Å². The van der Waals surface area contributed by atoms with E-state index in [-0.39, 0.29) is 5.56 Å². The van der Waals surface area contributed by atoms with Gasteiger partial charge in [0, 0.05) is 10.6 Å². The van der Waals surface area contributed by atoms with Crippen molar-refractivity contribution < 1.29 is 14.7 Å². The fraction of sp³-hybridized carbons (Fsp3) is 0.133. The van der Waals surface area contributed by atoms with Gasteiger partial charge in [-0.1, -0.05) is 17.8 Å². The van der Waals surface area contributed by atoms with E-state index in [9.17, 15) is 9.59 Å². The van der Waals surface area contributed by atoms with Gasteiger partial charge in [-0.15, -0.1) is 0 Å². The van der Waals surface area contributed by atoms with E-state index in [1.165, 1.54) is 23.9 Å². The highest BCUT2D eigenvalue weighted by molar-refractivity contribution is 7.99. The fourth-order valence-electron chi connectivity index (χ4n) is 1.98. The molecule has 0 bridgehead atoms. The number of carbonyl (C=O) groups excluding carboxylic acids is 1. The first kappa shape index (κ1) is 15.1. The number of aryl methyl sites for hydroxylation is 2. The number of nitrogens with zero attached hydrogens (tertiary/aromatic N) is 1. The number of carbonyl (C=O) groups is 2. The second-order valence-corrected chi connectivity index (χ2v) is 5.62. The number of aromatic carboxylic acids is 1. The van der Waals surface area contributed by atoms with Gasteiger partial charge in [0.1, 0.15) is 5.03 Å². The van der Waals surface area contributed by atoms with Crippen LogP contribution in [0.3, 0.4) is 0 Å². The molecule has 5 nitrogen and oxygen atoms in total. The Bertz CT molecular complexity index is 729. The summed E-state index contributed by atoms with van der Waals surface area (Å²) in [6.45, 7) is 3.63. The van der Waals surface area contributed by atoms with Crippen molar-refractivity contribution in [1.29, 1.82) is 0 Å². The molecule has 6 heteroatoms. The predicted molar refractivity (Wildman–Crippen MR) is 79.8 cm³/mol. The van der Waals surface area contributed by atoms with Crippen molar-refractivity contribution in [2.45, 2.75) is 23.8 Å². The summed E-state index contributed by atoms with van der Waals surface area (Å²) in [5.41, 5.74) is 7.49. The van der Waals surface area contributed by atoms with Gasteiger partial charge in [-0.2, -0.15) is 0 Å². The lowest BCUT2D eigenvalue weighted by molar-refractivity contribution is 0.0696. The summed E-state index contributed by atoms with van der Waals surface area (Å²) in [7, 11) is 0. The van der Waals surface area contributed by atoms with Crippen molar-refractivity contribution >= 4 is 23.6 Å². The molecule has 1 amide bonds. The number of benzene rings is 1. The molecule has 0 saturated carbocycles. The fourth-order valence-corrected chi connectivity index (χ4v) is 3.09. The number of amides is 1. The molecule has 0 fully saturated rings. The average molecular weight is 302 g/mol. The van der Waals surface area contributed by atoms with Crippen LogP contribution in [0.4, 0.5) is 0 Å². The van der Waals surface area contributed by atoms with E-state index in [0.717, 1.165) is 11.3 Å². The van der Waals surface area contributed by atoms with E-state index in [1.807, 2.05) is 6.92 Å². The van der Waals surface area contributed by atoms with Crippen molar-refractivity contribution in [2.75, 3.05) is 0 Å². The molecular formula is C15H14N2O3S. The molecule has 0 spiro atoms. The third-order valence-electron chi connectivity index (χ3n) is 2.85. The zero-order chi connectivity index (χ0) is 15.6. The number of rotatable bonds is 4. The molecule has 1 aromatic heterocycles. The van der Waals surface area contributed by atoms with Crippen LogP contribution < -0.4 is 5.73 Å². The molecule has 0 aliphatic rings. The number of carboxylic acid groups (broad SMARTS) is 1. The zero-order valence-electron chi connectivity index (χ0n) is 11.6. The number of pyridine rings is 1. The summed E-state index contributed by atoms with van der Waals surface area (Å²) >= 11 is 1.23. The lowest BCUT2D eigenvalue weighted by Crippen LogP contribution is -2.15. The van der Waals surface area contributed by atoms with Crippen molar-refractivity contribution in [2.24, 2.45) is 5.73 Å². The van der Waals surface area contributed by atoms with Crippen LogP contribution in [0.5, 0.6) is 0 Å². The van der Waals surface area contributed by atoms with E-state index in [1.54, 1.807) is 25.1 Å². The minimum atomic E-state index is -0.999. The van der Waals surface area contributed by atoms with E-state index in [0.29, 0.717) is 15.5 Å². The summed E-state index contributed by atoms with van der Waals surface area (Å²) < 4.78 is 0. The second kappa shape index (κ2) is 5.97. The van der Waals surface area contributed by atoms with Crippen LogP contribution in [0.2, 0.25) is 0 Å². The van der Waals surface area contributed by atoms with Gasteiger partial charge in [0.2, 0.25) is 0 Å². The lowest BCUT2D eigenvalue weighted by Gasteiger charge is -2.10. The molecule has 2 rings (SSSR count). The molecular weight excluding hydrogens is 288 g/mol. The number of carboxylic acids is 1. The van der Waals surface area contributed by atoms with Crippen LogP contribution in [0.1, 0.15) is 32.0 Å². The average Bonchev–Trinajstić information content (AvgIpc) is 2.37. The zero-order valence-corrected chi connectivity index (χ0v) is 12.4. The molecule has 0 aliphatic heterocycles. The third-order valence-corrected chi connectivity index (χ3v) is 3.83. The van der Waals surface area contributed by atoms with Crippen LogP contribution >= 0.6 is 11.8 Å². The number of primary amides is 1. The maximum absolute atomic E-state index is 11.6. The molecule has 0 radical (unpaired) electrons. The van der Waals surface area contributed by atoms with E-state index < -0.39 is 11.9 Å². The molecule has 3 N–H and O–H groups in total. The number of nitrogens with two attached hydrogens (primary N) is 1. The standard InChI is InChI=1S/C15H14N2O3S/c1-8-6-9(2)17-14(12(8)13(16)18)21-11-5-3-4-10(7-11)15(19)20/h3-7H,1-2H3,(H2,16,18)(H,19,20). The molecule has 21 heavy (non-hydrogen) atoms. The Labute approximate surface area is 126 Å². The predicted octanol–water partition coefficient (Wildman–Crippen LogP) is 2.65. The maximum Gasteiger partial charge on any atom is 0.335 e. The highest BCUT2D eigenvalue weighted by Gasteiger charge is 2.15. The Balaban J connectivity index is 2.46. The smallest absolute Gasteiger partial charge is 0.335 e. The quantitative estimate of drug-likeness (QED) is 0.905. The van der Waals surface area contributed by atoms with Gasteiger partial charge in [-0.25, -0.2) is 9.78 Å². The molecule has 0 saturated heterocycles. The van der Waals surface area contributed by atoms with Crippen LogP contribution in [0.15, 0.2) is 40.3 Å². The Morgan fingerprint density at radius 1 is 1.24 bits per heavy atom. The number of aromatic nitrogens is 1. The Hall–Kier alpha value is -2.34. The van der Waals surface area contributed by atoms with E-state index >= 15 is 0 Å². The van der Waals surface area contributed by atoms with Gasteiger partial charge in [0.05, 0.1) is 11.1 Å². The molecule has 0 aliphatic carbocycles. The SMILES string of the molecule is Cc1cc(C)c(C(N)=O)c(Sc2cccc(C(=O)O)c2)n1. The lowest BCUT2D eigenvalue weighted by atomic mass is 10.1. The van der Waals surface area contributed by atoms with Crippen molar-refractivity contribution in [1.82, 2.24) is 4.98 Å². The highest BCUT2D eigenvalue weighted by Crippen LogP contribution is 2.31. The Morgan fingerprint density at radius 2 is 1.95 bits per heavy atom. The second-order valence-electron chi connectivity index (χ2n) is 4.56. The van der Waals surface area contributed by atoms with Crippen molar-refractivity contribution in [3.63, 3.8) is 0 Å². The normalized spacial score (nSPS) is 10.4. The molecule has 2 aromatic rings. The summed E-state index contributed by atoms with van der Waals surface area (Å²) in [6.07, 6.45) is 0. The van der Waals surface area contributed by atoms with Gasteiger partial charge in [-0.3, -0.25) is 4.79 Å². The van der Waals surface area contributed by atoms with Crippen LogP contribution in [0, 0.1) is 13.8 Å². The minimum Gasteiger partial charge on any atom is -0.478 e. The van der Waals surface area contributed by atoms with Crippen LogP contribution in [0.25, 0.3) is 0 Å². The van der Waals surface area contributed by atoms with Crippen LogP contribution in [-0.2, 0) is 0 Å². The van der Waals surface area contributed by atoms with Gasteiger partial charge in [0.15, 0.2) is 0 Å². The van der Waals surface area contributed by atoms with E-state index in [4.69, 9.17) is 10.8 Å². The first-order valence-electron chi connectivity index (χ1n) is 6.17. The molecule has 1 aromatic carbocycles. The first-order chi connectivity index (χ1) is 9.88. The van der Waals surface area contributed by atoms with Crippen LogP contribution in [-0.4, -0.2) is 22.0 Å². The summed E-state index contributed by atoms with van der Waals surface area (Å²) in [5.74, 6) is -1.54.